The Kier molecular flexibility index (Phi) is 4.99. The minimum Gasteiger partial charge on any atom is -0.359 e. The van der Waals surface area contributed by atoms with Crippen LogP contribution in [-0.2, 0) is 5.88 Å². The molecule has 0 N–H and O–H groups in total. The summed E-state index contributed by atoms with van der Waals surface area (Å²) in [6, 6.07) is 1.47. The van der Waals surface area contributed by atoms with Crippen LogP contribution in [0.2, 0.25) is 0 Å². The molecule has 1 aliphatic heterocycles. The first kappa shape index (κ1) is 14.5. The second-order valence-electron chi connectivity index (χ2n) is 5.40. The van der Waals surface area contributed by atoms with Crippen LogP contribution in [0.25, 0.3) is 0 Å². The van der Waals surface area contributed by atoms with E-state index in [1.807, 2.05) is 7.05 Å². The molecule has 0 atom stereocenters. The Labute approximate surface area is 119 Å². The fraction of sp³-hybridized carbons (Fsp3) is 0.643. The van der Waals surface area contributed by atoms with E-state index in [9.17, 15) is 4.39 Å². The van der Waals surface area contributed by atoms with E-state index >= 15 is 0 Å². The molecule has 5 heteroatoms. The standard InChI is InChI=1S/C14H21ClFN3/c1-18-5-3-11(4-6-18)10-19(2)14-12(8-15)7-13(16)9-17-14/h7,9,11H,3-6,8,10H2,1-2H3. The third kappa shape index (κ3) is 3.80. The molecular weight excluding hydrogens is 265 g/mol. The highest BCUT2D eigenvalue weighted by Gasteiger charge is 2.19. The van der Waals surface area contributed by atoms with Gasteiger partial charge in [0.05, 0.1) is 12.1 Å². The number of halogens is 2. The molecule has 1 aromatic heterocycles. The zero-order valence-corrected chi connectivity index (χ0v) is 12.3. The summed E-state index contributed by atoms with van der Waals surface area (Å²) in [4.78, 5) is 8.65. The van der Waals surface area contributed by atoms with Gasteiger partial charge in [0.1, 0.15) is 11.6 Å². The fourth-order valence-electron chi connectivity index (χ4n) is 2.63. The largest absolute Gasteiger partial charge is 0.359 e. The van der Waals surface area contributed by atoms with Gasteiger partial charge in [0.25, 0.3) is 0 Å². The lowest BCUT2D eigenvalue weighted by Gasteiger charge is -2.32. The number of alkyl halides is 1. The average Bonchev–Trinajstić information content (AvgIpc) is 2.41. The Hall–Kier alpha value is -0.870. The van der Waals surface area contributed by atoms with E-state index in [1.54, 1.807) is 0 Å². The summed E-state index contributed by atoms with van der Waals surface area (Å²) in [5.74, 6) is 1.44. The Bertz CT molecular complexity index is 419. The van der Waals surface area contributed by atoms with Crippen LogP contribution in [0.3, 0.4) is 0 Å². The van der Waals surface area contributed by atoms with Crippen LogP contribution in [0.1, 0.15) is 18.4 Å². The maximum absolute atomic E-state index is 13.2. The van der Waals surface area contributed by atoms with Gasteiger partial charge in [-0.05, 0) is 45.0 Å². The van der Waals surface area contributed by atoms with E-state index in [4.69, 9.17) is 11.6 Å². The van der Waals surface area contributed by atoms with Crippen LogP contribution in [0, 0.1) is 11.7 Å². The van der Waals surface area contributed by atoms with Gasteiger partial charge in [0.2, 0.25) is 0 Å². The molecule has 0 aliphatic carbocycles. The predicted octanol–water partition coefficient (Wildman–Crippen LogP) is 2.74. The lowest BCUT2D eigenvalue weighted by Crippen LogP contribution is -2.36. The smallest absolute Gasteiger partial charge is 0.141 e. The molecule has 0 radical (unpaired) electrons. The first-order valence-corrected chi connectivity index (χ1v) is 7.23. The van der Waals surface area contributed by atoms with E-state index < -0.39 is 0 Å². The molecule has 1 aliphatic rings. The molecule has 1 saturated heterocycles. The van der Waals surface area contributed by atoms with Gasteiger partial charge in [-0.15, -0.1) is 11.6 Å². The molecule has 2 rings (SSSR count). The number of anilines is 1. The highest BCUT2D eigenvalue weighted by atomic mass is 35.5. The summed E-state index contributed by atoms with van der Waals surface area (Å²) in [7, 11) is 4.17. The number of hydrogen-bond donors (Lipinski definition) is 0. The SMILES string of the molecule is CN1CCC(CN(C)c2ncc(F)cc2CCl)CC1. The van der Waals surface area contributed by atoms with Crippen molar-refractivity contribution in [3.63, 3.8) is 0 Å². The second-order valence-corrected chi connectivity index (χ2v) is 5.66. The number of pyridine rings is 1. The first-order valence-electron chi connectivity index (χ1n) is 6.70. The molecular formula is C14H21ClFN3. The van der Waals surface area contributed by atoms with Crippen molar-refractivity contribution < 1.29 is 4.39 Å². The molecule has 0 aromatic carbocycles. The molecule has 3 nitrogen and oxygen atoms in total. The van der Waals surface area contributed by atoms with Gasteiger partial charge < -0.3 is 9.80 Å². The molecule has 0 spiro atoms. The van der Waals surface area contributed by atoms with Crippen LogP contribution in [-0.4, -0.2) is 43.6 Å². The maximum Gasteiger partial charge on any atom is 0.141 e. The van der Waals surface area contributed by atoms with Gasteiger partial charge >= 0.3 is 0 Å². The molecule has 0 amide bonds. The summed E-state index contributed by atoms with van der Waals surface area (Å²) >= 11 is 5.87. The van der Waals surface area contributed by atoms with Crippen LogP contribution in [0.5, 0.6) is 0 Å². The summed E-state index contributed by atoms with van der Waals surface area (Å²) in [5, 5.41) is 0. The highest BCUT2D eigenvalue weighted by Crippen LogP contribution is 2.23. The summed E-state index contributed by atoms with van der Waals surface area (Å²) < 4.78 is 13.2. The molecule has 1 fully saturated rings. The minimum atomic E-state index is -0.327. The van der Waals surface area contributed by atoms with Crippen molar-refractivity contribution in [1.29, 1.82) is 0 Å². The molecule has 19 heavy (non-hydrogen) atoms. The van der Waals surface area contributed by atoms with Gasteiger partial charge in [-0.3, -0.25) is 0 Å². The quantitative estimate of drug-likeness (QED) is 0.793. The number of piperidine rings is 1. The fourth-order valence-corrected chi connectivity index (χ4v) is 2.83. The van der Waals surface area contributed by atoms with Crippen molar-refractivity contribution in [1.82, 2.24) is 9.88 Å². The van der Waals surface area contributed by atoms with Crippen molar-refractivity contribution in [3.05, 3.63) is 23.6 Å². The summed E-state index contributed by atoms with van der Waals surface area (Å²) in [5.41, 5.74) is 0.761. The van der Waals surface area contributed by atoms with Crippen molar-refractivity contribution in [2.75, 3.05) is 38.6 Å². The van der Waals surface area contributed by atoms with Gasteiger partial charge in [-0.2, -0.15) is 0 Å². The highest BCUT2D eigenvalue weighted by molar-refractivity contribution is 6.17. The van der Waals surface area contributed by atoms with Crippen LogP contribution >= 0.6 is 11.6 Å². The van der Waals surface area contributed by atoms with Crippen LogP contribution in [0.15, 0.2) is 12.3 Å². The monoisotopic (exact) mass is 285 g/mol. The Morgan fingerprint density at radius 1 is 1.47 bits per heavy atom. The van der Waals surface area contributed by atoms with Crippen LogP contribution < -0.4 is 4.90 Å². The lowest BCUT2D eigenvalue weighted by atomic mass is 9.96. The van der Waals surface area contributed by atoms with Gasteiger partial charge in [0.15, 0.2) is 0 Å². The summed E-state index contributed by atoms with van der Waals surface area (Å²) in [6.45, 7) is 3.26. The van der Waals surface area contributed by atoms with Gasteiger partial charge in [-0.1, -0.05) is 0 Å². The normalized spacial score (nSPS) is 17.7. The van der Waals surface area contributed by atoms with Crippen LogP contribution in [0.4, 0.5) is 10.2 Å². The molecule has 106 valence electrons. The third-order valence-corrected chi connectivity index (χ3v) is 4.07. The molecule has 0 bridgehead atoms. The average molecular weight is 286 g/mol. The number of nitrogens with zero attached hydrogens (tertiary/aromatic N) is 3. The van der Waals surface area contributed by atoms with E-state index in [0.717, 1.165) is 31.0 Å². The number of aromatic nitrogens is 1. The van der Waals surface area contributed by atoms with Crippen molar-refractivity contribution >= 4 is 17.4 Å². The molecule has 0 saturated carbocycles. The van der Waals surface area contributed by atoms with E-state index in [0.29, 0.717) is 5.92 Å². The molecule has 0 unspecified atom stereocenters. The third-order valence-electron chi connectivity index (χ3n) is 3.79. The number of hydrogen-bond acceptors (Lipinski definition) is 3. The topological polar surface area (TPSA) is 19.4 Å². The second kappa shape index (κ2) is 6.53. The number of likely N-dealkylation sites (tertiary alicyclic amines) is 1. The Morgan fingerprint density at radius 2 is 2.16 bits per heavy atom. The zero-order chi connectivity index (χ0) is 13.8. The van der Waals surface area contributed by atoms with Crippen molar-refractivity contribution in [3.8, 4) is 0 Å². The van der Waals surface area contributed by atoms with Crippen molar-refractivity contribution in [2.24, 2.45) is 5.92 Å². The number of rotatable bonds is 4. The molecule has 2 heterocycles. The van der Waals surface area contributed by atoms with Gasteiger partial charge in [-0.25, -0.2) is 9.37 Å². The Balaban J connectivity index is 2.01. The van der Waals surface area contributed by atoms with Gasteiger partial charge in [0, 0.05) is 19.2 Å². The van der Waals surface area contributed by atoms with E-state index in [-0.39, 0.29) is 11.7 Å². The minimum absolute atomic E-state index is 0.290. The van der Waals surface area contributed by atoms with Crippen molar-refractivity contribution in [2.45, 2.75) is 18.7 Å². The van der Waals surface area contributed by atoms with E-state index in [1.165, 1.54) is 25.1 Å². The van der Waals surface area contributed by atoms with E-state index in [2.05, 4.69) is 21.8 Å². The lowest BCUT2D eigenvalue weighted by molar-refractivity contribution is 0.222. The first-order chi connectivity index (χ1) is 9.10. The Morgan fingerprint density at radius 3 is 2.79 bits per heavy atom. The predicted molar refractivity (Wildman–Crippen MR) is 77.2 cm³/mol. The molecule has 1 aromatic rings. The maximum atomic E-state index is 13.2. The zero-order valence-electron chi connectivity index (χ0n) is 11.6. The summed E-state index contributed by atoms with van der Waals surface area (Å²) in [6.07, 6.45) is 3.67.